The molecule has 0 rings (SSSR count). The third-order valence-corrected chi connectivity index (χ3v) is 3.43. The van der Waals surface area contributed by atoms with Crippen LogP contribution >= 0.6 is 0 Å². The standard InChI is InChI=1S/C18H34O3/c1-2-3-4-10-13-16-20-18-21-17-14-11-8-6-5-7-9-12-15-19/h14-15,17H,2-13,16,18H2,1H3. The Labute approximate surface area is 131 Å². The van der Waals surface area contributed by atoms with Crippen molar-refractivity contribution >= 4 is 6.29 Å². The SMILES string of the molecule is CCCCCCCOCOC=CCCCCCCCC=O. The van der Waals surface area contributed by atoms with Crippen LogP contribution in [0, 0.1) is 0 Å². The second-order valence-electron chi connectivity index (χ2n) is 5.49. The Morgan fingerprint density at radius 3 is 2.24 bits per heavy atom. The fourth-order valence-electron chi connectivity index (χ4n) is 2.11. The molecule has 0 heterocycles. The molecule has 124 valence electrons. The minimum atomic E-state index is 0.371. The Hall–Kier alpha value is -0.830. The zero-order valence-corrected chi connectivity index (χ0v) is 13.9. The summed E-state index contributed by atoms with van der Waals surface area (Å²) >= 11 is 0. The maximum Gasteiger partial charge on any atom is 0.188 e. The highest BCUT2D eigenvalue weighted by atomic mass is 16.7. The van der Waals surface area contributed by atoms with Crippen LogP contribution in [-0.2, 0) is 14.3 Å². The molecule has 0 atom stereocenters. The molecular weight excluding hydrogens is 264 g/mol. The third-order valence-electron chi connectivity index (χ3n) is 3.43. The summed E-state index contributed by atoms with van der Waals surface area (Å²) in [5.41, 5.74) is 0. The fourth-order valence-corrected chi connectivity index (χ4v) is 2.11. The summed E-state index contributed by atoms with van der Waals surface area (Å²) in [6.07, 6.45) is 18.8. The number of allylic oxidation sites excluding steroid dienone is 1. The molecule has 0 bridgehead atoms. The molecule has 0 N–H and O–H groups in total. The number of hydrogen-bond donors (Lipinski definition) is 0. The quantitative estimate of drug-likeness (QED) is 0.156. The number of rotatable bonds is 17. The number of aldehydes is 1. The molecule has 0 saturated carbocycles. The first-order valence-corrected chi connectivity index (χ1v) is 8.69. The summed E-state index contributed by atoms with van der Waals surface area (Å²) in [6.45, 7) is 3.40. The van der Waals surface area contributed by atoms with Crippen LogP contribution in [-0.4, -0.2) is 19.7 Å². The molecule has 3 nitrogen and oxygen atoms in total. The van der Waals surface area contributed by atoms with Gasteiger partial charge in [0.15, 0.2) is 6.79 Å². The lowest BCUT2D eigenvalue weighted by molar-refractivity contribution is -0.107. The molecule has 0 fully saturated rings. The number of carbonyl (C=O) groups is 1. The van der Waals surface area contributed by atoms with E-state index in [1.807, 2.05) is 0 Å². The largest absolute Gasteiger partial charge is 0.475 e. The molecule has 21 heavy (non-hydrogen) atoms. The number of unbranched alkanes of at least 4 members (excludes halogenated alkanes) is 10. The van der Waals surface area contributed by atoms with Gasteiger partial charge in [-0.15, -0.1) is 0 Å². The van der Waals surface area contributed by atoms with Crippen molar-refractivity contribution in [3.8, 4) is 0 Å². The highest BCUT2D eigenvalue weighted by Crippen LogP contribution is 2.07. The Balaban J connectivity index is 3.03. The molecule has 0 aromatic rings. The maximum absolute atomic E-state index is 10.1. The first-order valence-electron chi connectivity index (χ1n) is 8.69. The summed E-state index contributed by atoms with van der Waals surface area (Å²) in [7, 11) is 0. The van der Waals surface area contributed by atoms with Gasteiger partial charge in [-0.1, -0.05) is 51.9 Å². The maximum atomic E-state index is 10.1. The lowest BCUT2D eigenvalue weighted by Crippen LogP contribution is -1.97. The lowest BCUT2D eigenvalue weighted by atomic mass is 10.1. The first kappa shape index (κ1) is 20.2. The van der Waals surface area contributed by atoms with Gasteiger partial charge in [0.2, 0.25) is 0 Å². The van der Waals surface area contributed by atoms with E-state index in [0.29, 0.717) is 13.2 Å². The lowest BCUT2D eigenvalue weighted by Gasteiger charge is -2.03. The molecule has 0 aromatic carbocycles. The van der Waals surface area contributed by atoms with E-state index in [1.165, 1.54) is 51.4 Å². The van der Waals surface area contributed by atoms with Crippen molar-refractivity contribution in [2.75, 3.05) is 13.4 Å². The van der Waals surface area contributed by atoms with Crippen LogP contribution in [0.15, 0.2) is 12.3 Å². The fraction of sp³-hybridized carbons (Fsp3) is 0.833. The van der Waals surface area contributed by atoms with Crippen LogP contribution in [0.2, 0.25) is 0 Å². The normalized spacial score (nSPS) is 11.1. The van der Waals surface area contributed by atoms with Gasteiger partial charge in [0.05, 0.1) is 12.9 Å². The number of ether oxygens (including phenoxy) is 2. The van der Waals surface area contributed by atoms with Crippen molar-refractivity contribution in [3.05, 3.63) is 12.3 Å². The van der Waals surface area contributed by atoms with Crippen molar-refractivity contribution in [2.24, 2.45) is 0 Å². The third kappa shape index (κ3) is 19.2. The topological polar surface area (TPSA) is 35.5 Å². The Morgan fingerprint density at radius 2 is 1.48 bits per heavy atom. The van der Waals surface area contributed by atoms with E-state index in [4.69, 9.17) is 9.47 Å². The van der Waals surface area contributed by atoms with Crippen LogP contribution in [0.5, 0.6) is 0 Å². The predicted molar refractivity (Wildman–Crippen MR) is 88.2 cm³/mol. The van der Waals surface area contributed by atoms with E-state index in [0.717, 1.165) is 32.2 Å². The van der Waals surface area contributed by atoms with Crippen molar-refractivity contribution in [1.82, 2.24) is 0 Å². The van der Waals surface area contributed by atoms with Gasteiger partial charge in [-0.3, -0.25) is 0 Å². The zero-order chi connectivity index (χ0) is 15.4. The Morgan fingerprint density at radius 1 is 0.810 bits per heavy atom. The van der Waals surface area contributed by atoms with E-state index in [-0.39, 0.29) is 0 Å². The molecule has 0 aliphatic rings. The highest BCUT2D eigenvalue weighted by Gasteiger charge is 1.91. The van der Waals surface area contributed by atoms with Crippen molar-refractivity contribution in [1.29, 1.82) is 0 Å². The van der Waals surface area contributed by atoms with Crippen molar-refractivity contribution in [2.45, 2.75) is 84.0 Å². The molecule has 0 spiro atoms. The van der Waals surface area contributed by atoms with Crippen LogP contribution in [0.1, 0.15) is 84.0 Å². The van der Waals surface area contributed by atoms with Crippen LogP contribution in [0.4, 0.5) is 0 Å². The van der Waals surface area contributed by atoms with Gasteiger partial charge in [0.1, 0.15) is 6.29 Å². The molecule has 0 amide bonds. The van der Waals surface area contributed by atoms with E-state index in [9.17, 15) is 4.79 Å². The summed E-state index contributed by atoms with van der Waals surface area (Å²) in [5, 5.41) is 0. The van der Waals surface area contributed by atoms with Crippen LogP contribution in [0.25, 0.3) is 0 Å². The molecule has 0 aromatic heterocycles. The van der Waals surface area contributed by atoms with Gasteiger partial charge in [-0.05, 0) is 31.8 Å². The Kier molecular flexibility index (Phi) is 18.4. The van der Waals surface area contributed by atoms with Gasteiger partial charge in [-0.25, -0.2) is 0 Å². The minimum Gasteiger partial charge on any atom is -0.475 e. The molecule has 0 unspecified atom stereocenters. The van der Waals surface area contributed by atoms with Gasteiger partial charge in [0.25, 0.3) is 0 Å². The molecule has 0 aliphatic carbocycles. The van der Waals surface area contributed by atoms with E-state index < -0.39 is 0 Å². The van der Waals surface area contributed by atoms with Crippen LogP contribution < -0.4 is 0 Å². The summed E-state index contributed by atoms with van der Waals surface area (Å²) in [4.78, 5) is 10.1. The smallest absolute Gasteiger partial charge is 0.188 e. The van der Waals surface area contributed by atoms with Crippen molar-refractivity contribution in [3.63, 3.8) is 0 Å². The number of hydrogen-bond acceptors (Lipinski definition) is 3. The predicted octanol–water partition coefficient (Wildman–Crippen LogP) is 5.39. The Bertz CT molecular complexity index is 227. The first-order chi connectivity index (χ1) is 10.4. The molecule has 0 aliphatic heterocycles. The monoisotopic (exact) mass is 298 g/mol. The summed E-state index contributed by atoms with van der Waals surface area (Å²) in [6, 6.07) is 0. The summed E-state index contributed by atoms with van der Waals surface area (Å²) in [5.74, 6) is 0. The second kappa shape index (κ2) is 19.2. The van der Waals surface area contributed by atoms with Gasteiger partial charge >= 0.3 is 0 Å². The molecular formula is C18H34O3. The van der Waals surface area contributed by atoms with E-state index in [2.05, 4.69) is 13.0 Å². The van der Waals surface area contributed by atoms with Gasteiger partial charge in [0, 0.05) is 6.42 Å². The number of carbonyl (C=O) groups excluding carboxylic acids is 1. The zero-order valence-electron chi connectivity index (χ0n) is 13.9. The highest BCUT2D eigenvalue weighted by molar-refractivity contribution is 5.48. The average Bonchev–Trinajstić information content (AvgIpc) is 2.50. The summed E-state index contributed by atoms with van der Waals surface area (Å²) < 4.78 is 10.7. The second-order valence-corrected chi connectivity index (χ2v) is 5.49. The van der Waals surface area contributed by atoms with Crippen molar-refractivity contribution < 1.29 is 14.3 Å². The molecule has 3 heteroatoms. The van der Waals surface area contributed by atoms with E-state index >= 15 is 0 Å². The van der Waals surface area contributed by atoms with Gasteiger partial charge < -0.3 is 14.3 Å². The molecule has 0 saturated heterocycles. The molecule has 0 radical (unpaired) electrons. The minimum absolute atomic E-state index is 0.371. The van der Waals surface area contributed by atoms with Crippen LogP contribution in [0.3, 0.4) is 0 Å². The van der Waals surface area contributed by atoms with E-state index in [1.54, 1.807) is 6.26 Å². The average molecular weight is 298 g/mol. The van der Waals surface area contributed by atoms with Gasteiger partial charge in [-0.2, -0.15) is 0 Å².